The Labute approximate surface area is 112 Å². The molecule has 0 amide bonds. The second-order valence-corrected chi connectivity index (χ2v) is 7.56. The molecule has 2 bridgehead atoms. The fourth-order valence-corrected chi connectivity index (χ4v) is 5.24. The first-order valence-corrected chi connectivity index (χ1v) is 8.13. The fraction of sp³-hybridized carbons (Fsp3) is 1.00. The molecule has 3 rings (SSSR count). The molecule has 2 saturated carbocycles. The summed E-state index contributed by atoms with van der Waals surface area (Å²) in [6.07, 6.45) is 8.54. The standard InChI is InChI=1S/C16H30N2/c1-11-6-12(2)16(15(17)7-11)18-9-13-4-3-5-14(8-13)10-18/h11-16H,3-10,17H2,1-2H3. The quantitative estimate of drug-likeness (QED) is 0.775. The van der Waals surface area contributed by atoms with E-state index in [1.54, 1.807) is 0 Å². The number of hydrogen-bond donors (Lipinski definition) is 1. The molecule has 0 radical (unpaired) electrons. The van der Waals surface area contributed by atoms with Crippen LogP contribution in [0.15, 0.2) is 0 Å². The SMILES string of the molecule is CC1CC(C)C(N2CC3CCCC(C3)C2)C(N)C1. The third-order valence-corrected chi connectivity index (χ3v) is 5.77. The van der Waals surface area contributed by atoms with Crippen molar-refractivity contribution in [2.75, 3.05) is 13.1 Å². The van der Waals surface area contributed by atoms with Crippen LogP contribution in [0.3, 0.4) is 0 Å². The van der Waals surface area contributed by atoms with Gasteiger partial charge in [0.15, 0.2) is 0 Å². The Kier molecular flexibility index (Phi) is 3.68. The topological polar surface area (TPSA) is 29.3 Å². The predicted molar refractivity (Wildman–Crippen MR) is 76.3 cm³/mol. The lowest BCUT2D eigenvalue weighted by Crippen LogP contribution is -2.58. The minimum atomic E-state index is 0.419. The Bertz CT molecular complexity index is 267. The number of rotatable bonds is 1. The monoisotopic (exact) mass is 250 g/mol. The first-order chi connectivity index (χ1) is 8.63. The maximum absolute atomic E-state index is 6.50. The van der Waals surface area contributed by atoms with Crippen LogP contribution in [0.2, 0.25) is 0 Å². The van der Waals surface area contributed by atoms with Gasteiger partial charge in [0.05, 0.1) is 0 Å². The van der Waals surface area contributed by atoms with Gasteiger partial charge in [-0.15, -0.1) is 0 Å². The van der Waals surface area contributed by atoms with E-state index < -0.39 is 0 Å². The number of piperidine rings is 1. The number of fused-ring (bicyclic) bond motifs is 2. The summed E-state index contributed by atoms with van der Waals surface area (Å²) >= 11 is 0. The van der Waals surface area contributed by atoms with Gasteiger partial charge in [-0.25, -0.2) is 0 Å². The maximum atomic E-state index is 6.50. The maximum Gasteiger partial charge on any atom is 0.0273 e. The van der Waals surface area contributed by atoms with Crippen LogP contribution in [0.4, 0.5) is 0 Å². The lowest BCUT2D eigenvalue weighted by atomic mass is 9.72. The summed E-state index contributed by atoms with van der Waals surface area (Å²) in [4.78, 5) is 2.79. The van der Waals surface area contributed by atoms with Gasteiger partial charge in [-0.1, -0.05) is 20.3 Å². The molecule has 1 saturated heterocycles. The van der Waals surface area contributed by atoms with E-state index in [4.69, 9.17) is 5.73 Å². The minimum Gasteiger partial charge on any atom is -0.326 e. The van der Waals surface area contributed by atoms with Crippen LogP contribution in [0.5, 0.6) is 0 Å². The molecule has 0 spiro atoms. The van der Waals surface area contributed by atoms with E-state index in [0.29, 0.717) is 12.1 Å². The van der Waals surface area contributed by atoms with Crippen molar-refractivity contribution in [2.24, 2.45) is 29.4 Å². The highest BCUT2D eigenvalue weighted by Gasteiger charge is 2.40. The Morgan fingerprint density at radius 2 is 1.61 bits per heavy atom. The van der Waals surface area contributed by atoms with E-state index in [1.807, 2.05) is 0 Å². The van der Waals surface area contributed by atoms with Crippen molar-refractivity contribution < 1.29 is 0 Å². The van der Waals surface area contributed by atoms with E-state index in [1.165, 1.54) is 51.6 Å². The first kappa shape index (κ1) is 12.9. The number of nitrogens with two attached hydrogens (primary N) is 1. The zero-order chi connectivity index (χ0) is 12.7. The first-order valence-electron chi connectivity index (χ1n) is 8.13. The third kappa shape index (κ3) is 2.46. The highest BCUT2D eigenvalue weighted by Crippen LogP contribution is 2.39. The Morgan fingerprint density at radius 1 is 0.944 bits per heavy atom. The number of likely N-dealkylation sites (tertiary alicyclic amines) is 1. The normalized spacial score (nSPS) is 50.2. The smallest absolute Gasteiger partial charge is 0.0273 e. The Hall–Kier alpha value is -0.0800. The predicted octanol–water partition coefficient (Wildman–Crippen LogP) is 2.87. The van der Waals surface area contributed by atoms with Crippen LogP contribution in [0.25, 0.3) is 0 Å². The van der Waals surface area contributed by atoms with Crippen molar-refractivity contribution in [1.82, 2.24) is 4.90 Å². The average Bonchev–Trinajstić information content (AvgIpc) is 2.26. The zero-order valence-electron chi connectivity index (χ0n) is 12.1. The summed E-state index contributed by atoms with van der Waals surface area (Å²) in [6.45, 7) is 7.49. The van der Waals surface area contributed by atoms with Crippen LogP contribution in [-0.2, 0) is 0 Å². The van der Waals surface area contributed by atoms with Crippen molar-refractivity contribution >= 4 is 0 Å². The number of hydrogen-bond acceptors (Lipinski definition) is 2. The molecule has 0 aromatic rings. The molecule has 0 aromatic carbocycles. The summed E-state index contributed by atoms with van der Waals surface area (Å²) in [6, 6.07) is 1.09. The van der Waals surface area contributed by atoms with Crippen LogP contribution < -0.4 is 5.73 Å². The molecule has 1 heterocycles. The molecule has 3 aliphatic rings. The molecule has 1 aliphatic heterocycles. The molecule has 6 unspecified atom stereocenters. The lowest BCUT2D eigenvalue weighted by molar-refractivity contribution is 0.00352. The summed E-state index contributed by atoms with van der Waals surface area (Å²) in [7, 11) is 0. The Morgan fingerprint density at radius 3 is 2.22 bits per heavy atom. The molecule has 2 aliphatic carbocycles. The minimum absolute atomic E-state index is 0.419. The van der Waals surface area contributed by atoms with Gasteiger partial charge in [0.2, 0.25) is 0 Å². The summed E-state index contributed by atoms with van der Waals surface area (Å²) < 4.78 is 0. The molecular weight excluding hydrogens is 220 g/mol. The van der Waals surface area contributed by atoms with Crippen molar-refractivity contribution in [3.8, 4) is 0 Å². The second kappa shape index (κ2) is 5.13. The molecule has 18 heavy (non-hydrogen) atoms. The van der Waals surface area contributed by atoms with E-state index >= 15 is 0 Å². The van der Waals surface area contributed by atoms with Gasteiger partial charge in [0.1, 0.15) is 0 Å². The van der Waals surface area contributed by atoms with Crippen molar-refractivity contribution in [3.63, 3.8) is 0 Å². The average molecular weight is 250 g/mol. The zero-order valence-corrected chi connectivity index (χ0v) is 12.1. The highest BCUT2D eigenvalue weighted by molar-refractivity contribution is 4.96. The highest BCUT2D eigenvalue weighted by atomic mass is 15.2. The molecule has 2 N–H and O–H groups in total. The largest absolute Gasteiger partial charge is 0.326 e. The van der Waals surface area contributed by atoms with E-state index in [-0.39, 0.29) is 0 Å². The van der Waals surface area contributed by atoms with Crippen LogP contribution in [0.1, 0.15) is 52.4 Å². The van der Waals surface area contributed by atoms with E-state index in [9.17, 15) is 0 Å². The summed E-state index contributed by atoms with van der Waals surface area (Å²) in [5, 5.41) is 0. The molecule has 2 nitrogen and oxygen atoms in total. The van der Waals surface area contributed by atoms with Gasteiger partial charge in [-0.3, -0.25) is 4.90 Å². The molecule has 0 aromatic heterocycles. The van der Waals surface area contributed by atoms with Crippen LogP contribution >= 0.6 is 0 Å². The van der Waals surface area contributed by atoms with Gasteiger partial charge < -0.3 is 5.73 Å². The van der Waals surface area contributed by atoms with Gasteiger partial charge in [0, 0.05) is 25.2 Å². The second-order valence-electron chi connectivity index (χ2n) is 7.56. The van der Waals surface area contributed by atoms with Crippen molar-refractivity contribution in [1.29, 1.82) is 0 Å². The van der Waals surface area contributed by atoms with E-state index in [2.05, 4.69) is 18.7 Å². The molecule has 6 atom stereocenters. The lowest BCUT2D eigenvalue weighted by Gasteiger charge is -2.50. The molecule has 3 fully saturated rings. The fourth-order valence-electron chi connectivity index (χ4n) is 5.24. The molecule has 2 heteroatoms. The van der Waals surface area contributed by atoms with Gasteiger partial charge >= 0.3 is 0 Å². The van der Waals surface area contributed by atoms with Gasteiger partial charge in [0.25, 0.3) is 0 Å². The van der Waals surface area contributed by atoms with Gasteiger partial charge in [-0.05, 0) is 55.8 Å². The third-order valence-electron chi connectivity index (χ3n) is 5.77. The van der Waals surface area contributed by atoms with E-state index in [0.717, 1.165) is 23.7 Å². The number of nitrogens with zero attached hydrogens (tertiary/aromatic N) is 1. The van der Waals surface area contributed by atoms with Crippen LogP contribution in [-0.4, -0.2) is 30.1 Å². The molecular formula is C16H30N2. The summed E-state index contributed by atoms with van der Waals surface area (Å²) in [5.74, 6) is 3.59. The van der Waals surface area contributed by atoms with Crippen molar-refractivity contribution in [3.05, 3.63) is 0 Å². The van der Waals surface area contributed by atoms with Crippen LogP contribution in [0, 0.1) is 23.7 Å². The molecule has 104 valence electrons. The van der Waals surface area contributed by atoms with Gasteiger partial charge in [-0.2, -0.15) is 0 Å². The Balaban J connectivity index is 1.69. The van der Waals surface area contributed by atoms with Crippen molar-refractivity contribution in [2.45, 2.75) is 64.5 Å². The summed E-state index contributed by atoms with van der Waals surface area (Å²) in [5.41, 5.74) is 6.50.